The van der Waals surface area contributed by atoms with Gasteiger partial charge in [0.15, 0.2) is 0 Å². The van der Waals surface area contributed by atoms with Crippen LogP contribution in [0.1, 0.15) is 30.9 Å². The Morgan fingerprint density at radius 2 is 1.94 bits per heavy atom. The van der Waals surface area contributed by atoms with Gasteiger partial charge in [0.05, 0.1) is 6.61 Å². The predicted octanol–water partition coefficient (Wildman–Crippen LogP) is 3.82. The Morgan fingerprint density at radius 1 is 1.33 bits per heavy atom. The number of carbonyl (C=O) groups excluding carboxylic acids is 1. The molecule has 100 valence electrons. The molecule has 0 heterocycles. The summed E-state index contributed by atoms with van der Waals surface area (Å²) in [5.74, 6) is 0.894. The van der Waals surface area contributed by atoms with Crippen molar-refractivity contribution in [1.82, 2.24) is 0 Å². The molecule has 18 heavy (non-hydrogen) atoms. The first kappa shape index (κ1) is 15.0. The molecule has 0 aliphatic carbocycles. The predicted molar refractivity (Wildman–Crippen MR) is 78.7 cm³/mol. The molecule has 0 atom stereocenters. The highest BCUT2D eigenvalue weighted by molar-refractivity contribution is 9.09. The molecular formula is C14H20BrNO2. The number of benzene rings is 1. The average molecular weight is 314 g/mol. The third kappa shape index (κ3) is 4.33. The summed E-state index contributed by atoms with van der Waals surface area (Å²) in [4.78, 5) is 11.6. The van der Waals surface area contributed by atoms with Gasteiger partial charge in [-0.3, -0.25) is 4.79 Å². The second-order valence-electron chi connectivity index (χ2n) is 4.27. The minimum Gasteiger partial charge on any atom is -0.494 e. The smallest absolute Gasteiger partial charge is 0.225 e. The highest BCUT2D eigenvalue weighted by Gasteiger charge is 2.09. The Hall–Kier alpha value is -1.03. The molecule has 0 unspecified atom stereocenters. The standard InChI is InChI=1S/C14H20BrNO2/c1-4-7-18-12-8-10(2)14(11(3)9-12)16-13(17)5-6-15/h8-9H,4-7H2,1-3H3,(H,16,17). The Morgan fingerprint density at radius 3 is 2.44 bits per heavy atom. The zero-order chi connectivity index (χ0) is 13.5. The summed E-state index contributed by atoms with van der Waals surface area (Å²) in [5.41, 5.74) is 2.96. The summed E-state index contributed by atoms with van der Waals surface area (Å²) >= 11 is 3.26. The van der Waals surface area contributed by atoms with E-state index in [9.17, 15) is 4.79 Å². The van der Waals surface area contributed by atoms with E-state index in [1.165, 1.54) is 0 Å². The normalized spacial score (nSPS) is 10.2. The van der Waals surface area contributed by atoms with E-state index in [0.717, 1.165) is 29.0 Å². The van der Waals surface area contributed by atoms with Gasteiger partial charge in [0.1, 0.15) is 5.75 Å². The summed E-state index contributed by atoms with van der Waals surface area (Å²) in [7, 11) is 0. The summed E-state index contributed by atoms with van der Waals surface area (Å²) in [6, 6.07) is 3.93. The van der Waals surface area contributed by atoms with Crippen LogP contribution in [0.5, 0.6) is 5.75 Å². The maximum atomic E-state index is 11.6. The van der Waals surface area contributed by atoms with Crippen LogP contribution in [0.4, 0.5) is 5.69 Å². The molecule has 4 heteroatoms. The minimum atomic E-state index is 0.0281. The van der Waals surface area contributed by atoms with Gasteiger partial charge in [-0.1, -0.05) is 22.9 Å². The molecule has 0 aliphatic rings. The van der Waals surface area contributed by atoms with Crippen LogP contribution < -0.4 is 10.1 Å². The number of aryl methyl sites for hydroxylation is 2. The Bertz CT molecular complexity index is 395. The average Bonchev–Trinajstić information content (AvgIpc) is 2.31. The van der Waals surface area contributed by atoms with E-state index in [-0.39, 0.29) is 5.91 Å². The molecule has 0 spiro atoms. The number of halogens is 1. The van der Waals surface area contributed by atoms with Crippen LogP contribution in [-0.2, 0) is 4.79 Å². The van der Waals surface area contributed by atoms with Crippen molar-refractivity contribution in [3.8, 4) is 5.75 Å². The van der Waals surface area contributed by atoms with E-state index in [2.05, 4.69) is 28.2 Å². The topological polar surface area (TPSA) is 38.3 Å². The first-order chi connectivity index (χ1) is 8.58. The Labute approximate surface area is 117 Å². The summed E-state index contributed by atoms with van der Waals surface area (Å²) in [6.07, 6.45) is 1.47. The maximum absolute atomic E-state index is 11.6. The van der Waals surface area contributed by atoms with Crippen LogP contribution in [0.2, 0.25) is 0 Å². The largest absolute Gasteiger partial charge is 0.494 e. The number of amides is 1. The van der Waals surface area contributed by atoms with Crippen molar-refractivity contribution in [2.24, 2.45) is 0 Å². The fraction of sp³-hybridized carbons (Fsp3) is 0.500. The van der Waals surface area contributed by atoms with Gasteiger partial charge in [0.25, 0.3) is 0 Å². The van der Waals surface area contributed by atoms with E-state index in [4.69, 9.17) is 4.74 Å². The lowest BCUT2D eigenvalue weighted by molar-refractivity contribution is -0.115. The number of rotatable bonds is 6. The molecule has 1 aromatic carbocycles. The molecule has 0 fully saturated rings. The highest BCUT2D eigenvalue weighted by atomic mass is 79.9. The van der Waals surface area contributed by atoms with E-state index < -0.39 is 0 Å². The van der Waals surface area contributed by atoms with Crippen molar-refractivity contribution < 1.29 is 9.53 Å². The van der Waals surface area contributed by atoms with Crippen LogP contribution in [-0.4, -0.2) is 17.8 Å². The van der Waals surface area contributed by atoms with E-state index in [0.29, 0.717) is 18.4 Å². The lowest BCUT2D eigenvalue weighted by Gasteiger charge is -2.14. The van der Waals surface area contributed by atoms with Crippen molar-refractivity contribution in [2.75, 3.05) is 17.3 Å². The quantitative estimate of drug-likeness (QED) is 0.811. The minimum absolute atomic E-state index is 0.0281. The van der Waals surface area contributed by atoms with E-state index in [1.807, 2.05) is 26.0 Å². The number of ether oxygens (including phenoxy) is 1. The summed E-state index contributed by atoms with van der Waals surface area (Å²) in [6.45, 7) is 6.76. The van der Waals surface area contributed by atoms with Crippen LogP contribution in [0.25, 0.3) is 0 Å². The van der Waals surface area contributed by atoms with Gasteiger partial charge >= 0.3 is 0 Å². The van der Waals surface area contributed by atoms with E-state index in [1.54, 1.807) is 0 Å². The third-order valence-electron chi connectivity index (χ3n) is 2.57. The third-order valence-corrected chi connectivity index (χ3v) is 2.96. The van der Waals surface area contributed by atoms with E-state index >= 15 is 0 Å². The van der Waals surface area contributed by atoms with Crippen LogP contribution in [0.15, 0.2) is 12.1 Å². The van der Waals surface area contributed by atoms with Gasteiger partial charge in [-0.05, 0) is 43.5 Å². The lowest BCUT2D eigenvalue weighted by Crippen LogP contribution is -2.13. The van der Waals surface area contributed by atoms with Gasteiger partial charge < -0.3 is 10.1 Å². The summed E-state index contributed by atoms with van der Waals surface area (Å²) < 4.78 is 5.60. The number of nitrogens with one attached hydrogen (secondary N) is 1. The van der Waals surface area contributed by atoms with Gasteiger partial charge in [-0.25, -0.2) is 0 Å². The molecule has 0 aromatic heterocycles. The zero-order valence-corrected chi connectivity index (χ0v) is 12.8. The van der Waals surface area contributed by atoms with Crippen molar-refractivity contribution in [3.05, 3.63) is 23.3 Å². The van der Waals surface area contributed by atoms with Gasteiger partial charge in [0, 0.05) is 17.4 Å². The Kier molecular flexibility index (Phi) is 6.19. The number of anilines is 1. The molecule has 1 aromatic rings. The fourth-order valence-corrected chi connectivity index (χ4v) is 2.07. The molecule has 0 saturated heterocycles. The number of hydrogen-bond acceptors (Lipinski definition) is 2. The van der Waals surface area contributed by atoms with Crippen molar-refractivity contribution in [3.63, 3.8) is 0 Å². The number of carbonyl (C=O) groups is 1. The van der Waals surface area contributed by atoms with Crippen LogP contribution in [0.3, 0.4) is 0 Å². The molecule has 1 N–H and O–H groups in total. The zero-order valence-electron chi connectivity index (χ0n) is 11.2. The molecule has 1 rings (SSSR count). The highest BCUT2D eigenvalue weighted by Crippen LogP contribution is 2.26. The second kappa shape index (κ2) is 7.41. The van der Waals surface area contributed by atoms with Crippen molar-refractivity contribution in [1.29, 1.82) is 0 Å². The lowest BCUT2D eigenvalue weighted by atomic mass is 10.1. The molecule has 3 nitrogen and oxygen atoms in total. The molecule has 0 bridgehead atoms. The number of hydrogen-bond donors (Lipinski definition) is 1. The Balaban J connectivity index is 2.83. The van der Waals surface area contributed by atoms with Crippen molar-refractivity contribution in [2.45, 2.75) is 33.6 Å². The fourth-order valence-electron chi connectivity index (χ4n) is 1.71. The first-order valence-corrected chi connectivity index (χ1v) is 7.30. The molecule has 0 radical (unpaired) electrons. The van der Waals surface area contributed by atoms with Crippen LogP contribution in [0, 0.1) is 13.8 Å². The van der Waals surface area contributed by atoms with Gasteiger partial charge in [-0.15, -0.1) is 0 Å². The maximum Gasteiger partial charge on any atom is 0.225 e. The molecular weight excluding hydrogens is 294 g/mol. The summed E-state index contributed by atoms with van der Waals surface area (Å²) in [5, 5.41) is 3.61. The SMILES string of the molecule is CCCOc1cc(C)c(NC(=O)CCBr)c(C)c1. The molecule has 1 amide bonds. The van der Waals surface area contributed by atoms with Gasteiger partial charge in [-0.2, -0.15) is 0 Å². The van der Waals surface area contributed by atoms with Gasteiger partial charge in [0.2, 0.25) is 5.91 Å². The second-order valence-corrected chi connectivity index (χ2v) is 5.06. The first-order valence-electron chi connectivity index (χ1n) is 6.18. The van der Waals surface area contributed by atoms with Crippen LogP contribution >= 0.6 is 15.9 Å². The molecule has 0 saturated carbocycles. The molecule has 0 aliphatic heterocycles. The number of alkyl halides is 1. The monoisotopic (exact) mass is 313 g/mol. The van der Waals surface area contributed by atoms with Crippen molar-refractivity contribution >= 4 is 27.5 Å².